The summed E-state index contributed by atoms with van der Waals surface area (Å²) in [7, 11) is 0. The summed E-state index contributed by atoms with van der Waals surface area (Å²) >= 11 is 0. The summed E-state index contributed by atoms with van der Waals surface area (Å²) in [4.78, 5) is 23.7. The van der Waals surface area contributed by atoms with Gasteiger partial charge in [0.1, 0.15) is 0 Å². The van der Waals surface area contributed by atoms with Crippen molar-refractivity contribution in [1.82, 2.24) is 20.0 Å². The van der Waals surface area contributed by atoms with E-state index in [-0.39, 0.29) is 29.9 Å². The number of nitrogens with zero attached hydrogens (tertiary/aromatic N) is 4. The van der Waals surface area contributed by atoms with Gasteiger partial charge in [-0.25, -0.2) is 0 Å². The zero-order valence-electron chi connectivity index (χ0n) is 16.6. The maximum Gasteiger partial charge on any atom is 0.289 e. The normalized spacial score (nSPS) is 18.7. The van der Waals surface area contributed by atoms with Gasteiger partial charge >= 0.3 is 0 Å². The average Bonchev–Trinajstić information content (AvgIpc) is 3.26. The molecule has 2 fully saturated rings. The Bertz CT molecular complexity index is 597. The monoisotopic (exact) mass is 505 g/mol. The Morgan fingerprint density at radius 2 is 1.86 bits per heavy atom. The van der Waals surface area contributed by atoms with Crippen LogP contribution in [0.15, 0.2) is 27.8 Å². The van der Waals surface area contributed by atoms with Crippen molar-refractivity contribution in [3.63, 3.8) is 0 Å². The number of piperazine rings is 1. The quantitative estimate of drug-likeness (QED) is 0.273. The lowest BCUT2D eigenvalue weighted by Gasteiger charge is -2.36. The third-order valence-corrected chi connectivity index (χ3v) is 4.93. The summed E-state index contributed by atoms with van der Waals surface area (Å²) in [5.41, 5.74) is 0. The molecular weight excluding hydrogens is 473 g/mol. The van der Waals surface area contributed by atoms with Crippen LogP contribution in [-0.2, 0) is 4.74 Å². The van der Waals surface area contributed by atoms with Crippen molar-refractivity contribution in [1.29, 1.82) is 0 Å². The second-order valence-electron chi connectivity index (χ2n) is 6.80. The lowest BCUT2D eigenvalue weighted by atomic mass is 10.3. The second kappa shape index (κ2) is 12.3. The minimum absolute atomic E-state index is 0. The molecule has 1 N–H and O–H groups in total. The highest BCUT2D eigenvalue weighted by Crippen LogP contribution is 2.09. The molecule has 0 bridgehead atoms. The first-order chi connectivity index (χ1) is 13.3. The fourth-order valence-corrected chi connectivity index (χ4v) is 3.41. The summed E-state index contributed by atoms with van der Waals surface area (Å²) in [6, 6.07) is 3.46. The predicted molar refractivity (Wildman–Crippen MR) is 119 cm³/mol. The molecule has 9 heteroatoms. The van der Waals surface area contributed by atoms with Gasteiger partial charge in [0.15, 0.2) is 11.7 Å². The van der Waals surface area contributed by atoms with Crippen LogP contribution in [0, 0.1) is 0 Å². The van der Waals surface area contributed by atoms with Crippen molar-refractivity contribution in [3.8, 4) is 0 Å². The Balaban J connectivity index is 0.00000280. The standard InChI is InChI=1S/C19H31N5O3.HI/c1-2-20-19(21-6-4-7-22-12-15-26-16-13-22)24-10-8-23(9-11-24)18(25)17-5-3-14-27-17;/h3,5,14H,2,4,6-13,15-16H2,1H3,(H,20,21);1H. The van der Waals surface area contributed by atoms with Crippen molar-refractivity contribution < 1.29 is 13.9 Å². The molecule has 1 amide bonds. The van der Waals surface area contributed by atoms with Gasteiger partial charge in [0.05, 0.1) is 19.5 Å². The number of amides is 1. The summed E-state index contributed by atoms with van der Waals surface area (Å²) in [6.07, 6.45) is 2.59. The molecule has 28 heavy (non-hydrogen) atoms. The number of aliphatic imine (C=N–C) groups is 1. The predicted octanol–water partition coefficient (Wildman–Crippen LogP) is 1.34. The fraction of sp³-hybridized carbons (Fsp3) is 0.684. The molecule has 158 valence electrons. The minimum atomic E-state index is -0.0351. The van der Waals surface area contributed by atoms with Crippen molar-refractivity contribution in [2.75, 3.05) is 72.1 Å². The van der Waals surface area contributed by atoms with E-state index in [4.69, 9.17) is 14.1 Å². The molecule has 0 radical (unpaired) electrons. The Morgan fingerprint density at radius 1 is 1.14 bits per heavy atom. The molecule has 0 spiro atoms. The third-order valence-electron chi connectivity index (χ3n) is 4.93. The minimum Gasteiger partial charge on any atom is -0.459 e. The van der Waals surface area contributed by atoms with Crippen LogP contribution in [0.1, 0.15) is 23.9 Å². The molecule has 0 aromatic carbocycles. The highest BCUT2D eigenvalue weighted by atomic mass is 127. The van der Waals surface area contributed by atoms with Crippen molar-refractivity contribution in [2.45, 2.75) is 13.3 Å². The number of ether oxygens (including phenoxy) is 1. The first-order valence-corrected chi connectivity index (χ1v) is 9.94. The molecular formula is C19H32IN5O3. The smallest absolute Gasteiger partial charge is 0.289 e. The molecule has 0 atom stereocenters. The van der Waals surface area contributed by atoms with Crippen LogP contribution in [0.25, 0.3) is 0 Å². The number of morpholine rings is 1. The van der Waals surface area contributed by atoms with Crippen molar-refractivity contribution >= 4 is 35.8 Å². The Morgan fingerprint density at radius 3 is 2.50 bits per heavy atom. The van der Waals surface area contributed by atoms with E-state index in [0.717, 1.165) is 71.4 Å². The lowest BCUT2D eigenvalue weighted by molar-refractivity contribution is 0.0377. The van der Waals surface area contributed by atoms with Crippen LogP contribution < -0.4 is 5.32 Å². The van der Waals surface area contributed by atoms with E-state index >= 15 is 0 Å². The van der Waals surface area contributed by atoms with Crippen LogP contribution in [0.3, 0.4) is 0 Å². The van der Waals surface area contributed by atoms with Gasteiger partial charge in [0.25, 0.3) is 5.91 Å². The van der Waals surface area contributed by atoms with Gasteiger partial charge < -0.3 is 24.3 Å². The molecule has 1 aromatic heterocycles. The molecule has 0 unspecified atom stereocenters. The summed E-state index contributed by atoms with van der Waals surface area (Å²) < 4.78 is 10.6. The molecule has 1 aromatic rings. The van der Waals surface area contributed by atoms with E-state index in [1.807, 2.05) is 4.90 Å². The number of nitrogens with one attached hydrogen (secondary N) is 1. The van der Waals surface area contributed by atoms with E-state index in [0.29, 0.717) is 18.8 Å². The van der Waals surface area contributed by atoms with Gasteiger partial charge in [-0.3, -0.25) is 14.7 Å². The number of hydrogen-bond donors (Lipinski definition) is 1. The molecule has 2 saturated heterocycles. The number of guanidine groups is 1. The summed E-state index contributed by atoms with van der Waals surface area (Å²) in [6.45, 7) is 11.4. The van der Waals surface area contributed by atoms with Gasteiger partial charge in [-0.1, -0.05) is 0 Å². The first-order valence-electron chi connectivity index (χ1n) is 9.94. The number of carbonyl (C=O) groups excluding carboxylic acids is 1. The van der Waals surface area contributed by atoms with Crippen LogP contribution in [-0.4, -0.2) is 98.7 Å². The zero-order chi connectivity index (χ0) is 18.9. The highest BCUT2D eigenvalue weighted by Gasteiger charge is 2.25. The van der Waals surface area contributed by atoms with Gasteiger partial charge in [0, 0.05) is 58.9 Å². The van der Waals surface area contributed by atoms with Crippen LogP contribution in [0.4, 0.5) is 0 Å². The summed E-state index contributed by atoms with van der Waals surface area (Å²) in [5, 5.41) is 3.38. The zero-order valence-corrected chi connectivity index (χ0v) is 19.0. The van der Waals surface area contributed by atoms with E-state index in [9.17, 15) is 4.79 Å². The van der Waals surface area contributed by atoms with E-state index < -0.39 is 0 Å². The average molecular weight is 505 g/mol. The lowest BCUT2D eigenvalue weighted by Crippen LogP contribution is -2.53. The number of hydrogen-bond acceptors (Lipinski definition) is 5. The van der Waals surface area contributed by atoms with Crippen LogP contribution in [0.2, 0.25) is 0 Å². The molecule has 2 aliphatic rings. The second-order valence-corrected chi connectivity index (χ2v) is 6.80. The van der Waals surface area contributed by atoms with Crippen molar-refractivity contribution in [3.05, 3.63) is 24.2 Å². The third kappa shape index (κ3) is 6.63. The molecule has 3 rings (SSSR count). The van der Waals surface area contributed by atoms with Crippen molar-refractivity contribution in [2.24, 2.45) is 4.99 Å². The number of halogens is 1. The Hall–Kier alpha value is -1.33. The van der Waals surface area contributed by atoms with Gasteiger partial charge in [-0.05, 0) is 25.5 Å². The van der Waals surface area contributed by atoms with E-state index in [1.54, 1.807) is 12.1 Å². The molecule has 8 nitrogen and oxygen atoms in total. The fourth-order valence-electron chi connectivity index (χ4n) is 3.41. The molecule has 2 aliphatic heterocycles. The molecule has 0 saturated carbocycles. The Labute approximate surface area is 184 Å². The van der Waals surface area contributed by atoms with E-state index in [1.165, 1.54) is 6.26 Å². The highest BCUT2D eigenvalue weighted by molar-refractivity contribution is 14.0. The first kappa shape index (κ1) is 23.0. The number of rotatable bonds is 6. The molecule has 0 aliphatic carbocycles. The largest absolute Gasteiger partial charge is 0.459 e. The number of furan rings is 1. The number of carbonyl (C=O) groups is 1. The van der Waals surface area contributed by atoms with Crippen LogP contribution >= 0.6 is 24.0 Å². The van der Waals surface area contributed by atoms with E-state index in [2.05, 4.69) is 22.0 Å². The maximum absolute atomic E-state index is 12.4. The maximum atomic E-state index is 12.4. The van der Waals surface area contributed by atoms with Gasteiger partial charge in [0.2, 0.25) is 0 Å². The SMILES string of the molecule is CCNC(=NCCCN1CCOCC1)N1CCN(C(=O)c2ccco2)CC1.I. The topological polar surface area (TPSA) is 73.6 Å². The van der Waals surface area contributed by atoms with Crippen LogP contribution in [0.5, 0.6) is 0 Å². The van der Waals surface area contributed by atoms with Gasteiger partial charge in [-0.15, -0.1) is 24.0 Å². The Kier molecular flexibility index (Phi) is 10.1. The summed E-state index contributed by atoms with van der Waals surface area (Å²) in [5.74, 6) is 1.32. The van der Waals surface area contributed by atoms with Gasteiger partial charge in [-0.2, -0.15) is 0 Å². The molecule has 3 heterocycles.